The lowest BCUT2D eigenvalue weighted by molar-refractivity contribution is 0.514. The van der Waals surface area contributed by atoms with Crippen molar-refractivity contribution in [2.75, 3.05) is 0 Å². The van der Waals surface area contributed by atoms with Crippen LogP contribution < -0.4 is 0 Å². The fraction of sp³-hybridized carbons (Fsp3) is 0.125. The van der Waals surface area contributed by atoms with Crippen molar-refractivity contribution in [1.29, 1.82) is 0 Å². The molecule has 1 aliphatic heterocycles. The van der Waals surface area contributed by atoms with Crippen LogP contribution in [0.3, 0.4) is 0 Å². The molecule has 74 valence electrons. The Bertz CT molecular complexity index is 511. The third kappa shape index (κ3) is 1.33. The predicted octanol–water partition coefficient (Wildman–Crippen LogP) is 1.54. The van der Waals surface area contributed by atoms with Crippen molar-refractivity contribution in [3.05, 3.63) is 30.5 Å². The van der Waals surface area contributed by atoms with E-state index in [1.54, 1.807) is 24.6 Å². The summed E-state index contributed by atoms with van der Waals surface area (Å²) in [6.07, 6.45) is 4.12. The maximum atomic E-state index is 5.10. The first-order valence-corrected chi connectivity index (χ1v) is 4.30. The summed E-state index contributed by atoms with van der Waals surface area (Å²) in [6.45, 7) is 0. The largest absolute Gasteiger partial charge is 0.463 e. The van der Waals surface area contributed by atoms with E-state index in [0.717, 1.165) is 0 Å². The van der Waals surface area contributed by atoms with Gasteiger partial charge in [-0.15, -0.1) is 10.2 Å². The molecular weight excluding hydrogens is 196 g/mol. The van der Waals surface area contributed by atoms with E-state index < -0.39 is 6.29 Å². The molecule has 0 fully saturated rings. The van der Waals surface area contributed by atoms with Crippen molar-refractivity contribution in [3.63, 3.8) is 0 Å². The van der Waals surface area contributed by atoms with E-state index in [2.05, 4.69) is 25.3 Å². The SMILES string of the molecule is C(=N/C1N=Nc2ncnn21)/c1ccco1. The maximum Gasteiger partial charge on any atom is 0.270 e. The van der Waals surface area contributed by atoms with Crippen LogP contribution in [0.2, 0.25) is 0 Å². The summed E-state index contributed by atoms with van der Waals surface area (Å²) in [6, 6.07) is 3.59. The summed E-state index contributed by atoms with van der Waals surface area (Å²) in [5.41, 5.74) is 0. The lowest BCUT2D eigenvalue weighted by Gasteiger charge is -1.98. The molecule has 0 radical (unpaired) electrons. The summed E-state index contributed by atoms with van der Waals surface area (Å²) in [4.78, 5) is 8.05. The molecular formula is C8H6N6O. The van der Waals surface area contributed by atoms with E-state index in [-0.39, 0.29) is 0 Å². The van der Waals surface area contributed by atoms with Gasteiger partial charge in [0.25, 0.3) is 12.2 Å². The topological polar surface area (TPSA) is 80.9 Å². The van der Waals surface area contributed by atoms with Gasteiger partial charge in [-0.2, -0.15) is 14.8 Å². The van der Waals surface area contributed by atoms with Gasteiger partial charge in [0.1, 0.15) is 12.1 Å². The zero-order valence-electron chi connectivity index (χ0n) is 7.56. The van der Waals surface area contributed by atoms with Crippen LogP contribution in [0.4, 0.5) is 5.95 Å². The van der Waals surface area contributed by atoms with Gasteiger partial charge in [0.15, 0.2) is 0 Å². The minimum absolute atomic E-state index is 0.465. The van der Waals surface area contributed by atoms with Crippen LogP contribution in [0.25, 0.3) is 0 Å². The molecule has 0 aromatic carbocycles. The fourth-order valence-corrected chi connectivity index (χ4v) is 1.23. The smallest absolute Gasteiger partial charge is 0.270 e. The molecule has 2 aromatic heterocycles. The molecule has 1 unspecified atom stereocenters. The molecule has 2 aromatic rings. The lowest BCUT2D eigenvalue weighted by Crippen LogP contribution is -2.01. The number of hydrogen-bond acceptors (Lipinski definition) is 6. The molecule has 0 saturated carbocycles. The van der Waals surface area contributed by atoms with Crippen LogP contribution in [0.15, 0.2) is 44.4 Å². The third-order valence-corrected chi connectivity index (χ3v) is 1.90. The first kappa shape index (κ1) is 8.04. The number of aromatic nitrogens is 3. The Balaban J connectivity index is 1.84. The Labute approximate surface area is 84.2 Å². The molecule has 3 rings (SSSR count). The Morgan fingerprint density at radius 1 is 1.53 bits per heavy atom. The Kier molecular flexibility index (Phi) is 1.67. The highest BCUT2D eigenvalue weighted by atomic mass is 16.3. The molecule has 15 heavy (non-hydrogen) atoms. The van der Waals surface area contributed by atoms with E-state index in [1.807, 2.05) is 0 Å². The Morgan fingerprint density at radius 3 is 3.40 bits per heavy atom. The molecule has 3 heterocycles. The van der Waals surface area contributed by atoms with Crippen LogP contribution in [0, 0.1) is 0 Å². The van der Waals surface area contributed by atoms with Gasteiger partial charge in [0.05, 0.1) is 12.5 Å². The monoisotopic (exact) mass is 202 g/mol. The van der Waals surface area contributed by atoms with E-state index in [4.69, 9.17) is 4.42 Å². The lowest BCUT2D eigenvalue weighted by atomic mass is 10.5. The van der Waals surface area contributed by atoms with Crippen LogP contribution in [-0.2, 0) is 0 Å². The number of azo groups is 1. The van der Waals surface area contributed by atoms with Gasteiger partial charge in [-0.05, 0) is 12.1 Å². The molecule has 0 aliphatic carbocycles. The van der Waals surface area contributed by atoms with Crippen LogP contribution in [0.5, 0.6) is 0 Å². The first-order chi connectivity index (χ1) is 7.43. The Morgan fingerprint density at radius 2 is 2.53 bits per heavy atom. The van der Waals surface area contributed by atoms with Crippen molar-refractivity contribution in [2.24, 2.45) is 15.2 Å². The number of furan rings is 1. The number of nitrogens with zero attached hydrogens (tertiary/aromatic N) is 6. The van der Waals surface area contributed by atoms with Crippen molar-refractivity contribution < 1.29 is 4.42 Å². The van der Waals surface area contributed by atoms with E-state index in [1.165, 1.54) is 11.0 Å². The number of rotatable bonds is 2. The average Bonchev–Trinajstić information content (AvgIpc) is 2.93. The minimum Gasteiger partial charge on any atom is -0.463 e. The van der Waals surface area contributed by atoms with Gasteiger partial charge in [-0.25, -0.2) is 4.99 Å². The van der Waals surface area contributed by atoms with Crippen LogP contribution in [0.1, 0.15) is 12.0 Å². The molecule has 1 atom stereocenters. The summed E-state index contributed by atoms with van der Waals surface area (Å²) >= 11 is 0. The second-order valence-electron chi connectivity index (χ2n) is 2.86. The summed E-state index contributed by atoms with van der Waals surface area (Å²) in [5, 5.41) is 11.6. The minimum atomic E-state index is -0.465. The summed E-state index contributed by atoms with van der Waals surface area (Å²) in [7, 11) is 0. The van der Waals surface area contributed by atoms with Crippen molar-refractivity contribution in [2.45, 2.75) is 6.29 Å². The highest BCUT2D eigenvalue weighted by molar-refractivity contribution is 5.75. The first-order valence-electron chi connectivity index (χ1n) is 4.30. The molecule has 0 saturated heterocycles. The highest BCUT2D eigenvalue weighted by Crippen LogP contribution is 2.24. The molecule has 0 N–H and O–H groups in total. The van der Waals surface area contributed by atoms with Crippen molar-refractivity contribution >= 4 is 12.2 Å². The van der Waals surface area contributed by atoms with E-state index >= 15 is 0 Å². The highest BCUT2D eigenvalue weighted by Gasteiger charge is 2.19. The van der Waals surface area contributed by atoms with Gasteiger partial charge in [0.2, 0.25) is 0 Å². The third-order valence-electron chi connectivity index (χ3n) is 1.90. The zero-order chi connectivity index (χ0) is 10.1. The molecule has 1 aliphatic rings. The number of fused-ring (bicyclic) bond motifs is 1. The molecule has 0 spiro atoms. The second-order valence-corrected chi connectivity index (χ2v) is 2.86. The molecule has 0 amide bonds. The van der Waals surface area contributed by atoms with E-state index in [0.29, 0.717) is 11.7 Å². The summed E-state index contributed by atoms with van der Waals surface area (Å²) in [5.74, 6) is 1.13. The van der Waals surface area contributed by atoms with Crippen molar-refractivity contribution in [3.8, 4) is 0 Å². The Hall–Kier alpha value is -2.31. The van der Waals surface area contributed by atoms with Gasteiger partial charge >= 0.3 is 0 Å². The molecule has 7 heteroatoms. The quantitative estimate of drug-likeness (QED) is 0.692. The normalized spacial score (nSPS) is 18.8. The fourth-order valence-electron chi connectivity index (χ4n) is 1.23. The van der Waals surface area contributed by atoms with Crippen LogP contribution in [-0.4, -0.2) is 21.0 Å². The van der Waals surface area contributed by atoms with Gasteiger partial charge in [-0.3, -0.25) is 0 Å². The zero-order valence-corrected chi connectivity index (χ0v) is 7.56. The summed E-state index contributed by atoms with van der Waals surface area (Å²) < 4.78 is 6.62. The standard InChI is InChI=1S/C8H6N6O/c1-2-6(15-3-1)4-9-7-12-13-8-10-5-11-14(7)8/h1-5,7H/b9-4-. The number of hydrogen-bond donors (Lipinski definition) is 0. The van der Waals surface area contributed by atoms with Gasteiger partial charge in [0, 0.05) is 0 Å². The average molecular weight is 202 g/mol. The second kappa shape index (κ2) is 3.12. The van der Waals surface area contributed by atoms with Gasteiger partial charge in [-0.1, -0.05) is 0 Å². The maximum absolute atomic E-state index is 5.10. The number of aliphatic imine (C=N–C) groups is 1. The van der Waals surface area contributed by atoms with Gasteiger partial charge < -0.3 is 4.42 Å². The molecule has 7 nitrogen and oxygen atoms in total. The van der Waals surface area contributed by atoms with Crippen LogP contribution >= 0.6 is 0 Å². The molecule has 0 bridgehead atoms. The van der Waals surface area contributed by atoms with E-state index in [9.17, 15) is 0 Å². The van der Waals surface area contributed by atoms with Crippen molar-refractivity contribution in [1.82, 2.24) is 14.8 Å². The predicted molar refractivity (Wildman–Crippen MR) is 49.9 cm³/mol.